The van der Waals surface area contributed by atoms with Gasteiger partial charge in [0.25, 0.3) is 5.91 Å². The Kier molecular flexibility index (Phi) is 9.11. The molecule has 2 atom stereocenters. The van der Waals surface area contributed by atoms with Gasteiger partial charge in [0, 0.05) is 36.5 Å². The van der Waals surface area contributed by atoms with E-state index in [0.717, 1.165) is 4.90 Å². The summed E-state index contributed by atoms with van der Waals surface area (Å²) in [7, 11) is -2.20. The highest BCUT2D eigenvalue weighted by molar-refractivity contribution is 7.92. The van der Waals surface area contributed by atoms with Gasteiger partial charge in [-0.3, -0.25) is 19.2 Å². The predicted molar refractivity (Wildman–Crippen MR) is 162 cm³/mol. The van der Waals surface area contributed by atoms with Crippen molar-refractivity contribution < 1.29 is 31.9 Å². The maximum absolute atomic E-state index is 13.8. The molecule has 2 aromatic carbocycles. The molecule has 0 unspecified atom stereocenters. The summed E-state index contributed by atoms with van der Waals surface area (Å²) in [5, 5.41) is 6.66. The van der Waals surface area contributed by atoms with Crippen LogP contribution >= 0.6 is 27.0 Å². The molecule has 42 heavy (non-hydrogen) atoms. The number of carbonyl (C=O) groups is 3. The van der Waals surface area contributed by atoms with Crippen LogP contribution in [0, 0.1) is 5.82 Å². The third-order valence-electron chi connectivity index (χ3n) is 7.39. The molecular formula is C27H32FN5O6S3. The fraction of sp³-hybridized carbons (Fsp3) is 0.333. The summed E-state index contributed by atoms with van der Waals surface area (Å²) in [5.74, 6) is -2.06. The van der Waals surface area contributed by atoms with Crippen molar-refractivity contribution in [2.75, 3.05) is 18.9 Å². The number of nitrogens with zero attached hydrogens (tertiary/aromatic N) is 4. The SMILES string of the molecule is C.C[C@@H]1COc2ccc(F)cc2CN1C(=O)CN1C(=O)N[C@]2(CS(=O)(=O)c3cc(-c4cnn(C)c4)ccc32)C1=O.S.S. The number of ether oxygens (including phenoxy) is 1. The first-order chi connectivity index (χ1) is 18.5. The number of hydrogen-bond donors (Lipinski definition) is 1. The fourth-order valence-electron chi connectivity index (χ4n) is 5.38. The molecule has 1 spiro atoms. The van der Waals surface area contributed by atoms with Crippen molar-refractivity contribution in [3.05, 3.63) is 65.7 Å². The van der Waals surface area contributed by atoms with E-state index in [-0.39, 0.29) is 58.0 Å². The Balaban J connectivity index is 0.00000161. The summed E-state index contributed by atoms with van der Waals surface area (Å²) in [4.78, 5) is 42.2. The number of aryl methyl sites for hydroxylation is 1. The zero-order chi connectivity index (χ0) is 27.7. The van der Waals surface area contributed by atoms with E-state index in [9.17, 15) is 27.2 Å². The van der Waals surface area contributed by atoms with Gasteiger partial charge in [0.1, 0.15) is 24.7 Å². The Morgan fingerprint density at radius 1 is 1.17 bits per heavy atom. The van der Waals surface area contributed by atoms with Crippen molar-refractivity contribution in [2.24, 2.45) is 7.05 Å². The van der Waals surface area contributed by atoms with Crippen molar-refractivity contribution in [3.63, 3.8) is 0 Å². The number of halogens is 1. The quantitative estimate of drug-likeness (QED) is 0.437. The Bertz CT molecular complexity index is 1680. The molecule has 1 N–H and O–H groups in total. The van der Waals surface area contributed by atoms with Crippen LogP contribution in [0.2, 0.25) is 0 Å². The van der Waals surface area contributed by atoms with Crippen LogP contribution in [0.4, 0.5) is 9.18 Å². The summed E-state index contributed by atoms with van der Waals surface area (Å²) in [6.45, 7) is 1.30. The number of carbonyl (C=O) groups excluding carboxylic acids is 3. The molecular weight excluding hydrogens is 606 g/mol. The second-order valence-electron chi connectivity index (χ2n) is 10.0. The van der Waals surface area contributed by atoms with Gasteiger partial charge in [-0.25, -0.2) is 17.6 Å². The lowest BCUT2D eigenvalue weighted by molar-refractivity contribution is -0.140. The number of benzene rings is 2. The molecule has 226 valence electrons. The highest BCUT2D eigenvalue weighted by Crippen LogP contribution is 2.43. The summed E-state index contributed by atoms with van der Waals surface area (Å²) in [5.41, 5.74) is 0.0798. The van der Waals surface area contributed by atoms with Gasteiger partial charge in [-0.1, -0.05) is 19.6 Å². The second kappa shape index (κ2) is 11.6. The van der Waals surface area contributed by atoms with Gasteiger partial charge >= 0.3 is 6.03 Å². The number of fused-ring (bicyclic) bond motifs is 3. The molecule has 0 aliphatic carbocycles. The van der Waals surface area contributed by atoms with E-state index in [1.165, 1.54) is 35.2 Å². The first kappa shape index (κ1) is 32.9. The van der Waals surface area contributed by atoms with Gasteiger partial charge < -0.3 is 15.0 Å². The van der Waals surface area contributed by atoms with Crippen LogP contribution in [-0.4, -0.2) is 70.8 Å². The number of hydrogen-bond acceptors (Lipinski definition) is 7. The van der Waals surface area contributed by atoms with Crippen molar-refractivity contribution in [1.29, 1.82) is 0 Å². The first-order valence-electron chi connectivity index (χ1n) is 12.2. The molecule has 3 aliphatic rings. The number of nitrogens with one attached hydrogen (secondary N) is 1. The molecule has 4 amide bonds. The average molecular weight is 638 g/mol. The van der Waals surface area contributed by atoms with Crippen molar-refractivity contribution in [1.82, 2.24) is 24.9 Å². The normalized spacial score (nSPS) is 21.6. The van der Waals surface area contributed by atoms with Gasteiger partial charge in [-0.2, -0.15) is 32.1 Å². The number of aromatic nitrogens is 2. The summed E-state index contributed by atoms with van der Waals surface area (Å²) >= 11 is 0. The third kappa shape index (κ3) is 5.24. The van der Waals surface area contributed by atoms with Gasteiger partial charge in [0.2, 0.25) is 5.91 Å². The molecule has 11 nitrogen and oxygen atoms in total. The maximum Gasteiger partial charge on any atom is 0.325 e. The first-order valence-corrected chi connectivity index (χ1v) is 13.8. The highest BCUT2D eigenvalue weighted by atomic mass is 32.2. The van der Waals surface area contributed by atoms with Crippen molar-refractivity contribution in [2.45, 2.75) is 37.4 Å². The van der Waals surface area contributed by atoms with E-state index in [2.05, 4.69) is 10.4 Å². The van der Waals surface area contributed by atoms with Crippen LogP contribution in [0.1, 0.15) is 25.5 Å². The summed E-state index contributed by atoms with van der Waals surface area (Å²) < 4.78 is 47.5. The smallest absolute Gasteiger partial charge is 0.325 e. The molecule has 1 saturated heterocycles. The largest absolute Gasteiger partial charge is 0.491 e. The lowest BCUT2D eigenvalue weighted by Gasteiger charge is -2.28. The second-order valence-corrected chi connectivity index (χ2v) is 12.0. The average Bonchev–Trinajstić information content (AvgIpc) is 3.45. The van der Waals surface area contributed by atoms with Crippen molar-refractivity contribution in [3.8, 4) is 16.9 Å². The number of urea groups is 1. The molecule has 15 heteroatoms. The number of sulfone groups is 1. The van der Waals surface area contributed by atoms with E-state index in [4.69, 9.17) is 4.74 Å². The minimum Gasteiger partial charge on any atom is -0.491 e. The Morgan fingerprint density at radius 2 is 1.90 bits per heavy atom. The van der Waals surface area contributed by atoms with Gasteiger partial charge in [0.15, 0.2) is 15.4 Å². The molecule has 4 heterocycles. The van der Waals surface area contributed by atoms with Gasteiger partial charge in [-0.15, -0.1) is 0 Å². The molecule has 3 aliphatic heterocycles. The third-order valence-corrected chi connectivity index (χ3v) is 9.21. The standard InChI is InChI=1S/C26H24FN5O6S.CH4.2H2S/c1-15-13-38-21-6-4-19(27)7-17(21)11-31(15)23(33)12-32-24(34)26(29-25(32)35)14-39(36,37)22-8-16(3-5-20(22)26)18-9-28-30(2)10-18;;;/h3-10,15H,11-14H2,1-2H3,(H,29,35);1H4;2*1H2/t15-,26+;;;/m1.../s1. The van der Waals surface area contributed by atoms with Crippen LogP contribution in [0.5, 0.6) is 5.75 Å². The highest BCUT2D eigenvalue weighted by Gasteiger charge is 2.60. The molecule has 0 radical (unpaired) electrons. The molecule has 0 bridgehead atoms. The Hall–Kier alpha value is -3.56. The summed E-state index contributed by atoms with van der Waals surface area (Å²) in [6, 6.07) is 7.40. The minimum atomic E-state index is -3.94. The van der Waals surface area contributed by atoms with E-state index < -0.39 is 57.4 Å². The van der Waals surface area contributed by atoms with Crippen LogP contribution in [-0.2, 0) is 38.6 Å². The molecule has 3 aromatic rings. The Labute approximate surface area is 256 Å². The predicted octanol–water partition coefficient (Wildman–Crippen LogP) is 2.43. The van der Waals surface area contributed by atoms with E-state index in [0.29, 0.717) is 22.4 Å². The molecule has 1 aromatic heterocycles. The van der Waals surface area contributed by atoms with E-state index in [1.807, 2.05) is 0 Å². The van der Waals surface area contributed by atoms with Crippen LogP contribution in [0.25, 0.3) is 11.1 Å². The number of rotatable bonds is 3. The van der Waals surface area contributed by atoms with Crippen molar-refractivity contribution >= 4 is 54.7 Å². The zero-order valence-corrected chi connectivity index (χ0v) is 24.9. The van der Waals surface area contributed by atoms with Crippen LogP contribution < -0.4 is 10.1 Å². The van der Waals surface area contributed by atoms with Crippen LogP contribution in [0.15, 0.2) is 53.7 Å². The zero-order valence-electron chi connectivity index (χ0n) is 22.0. The maximum atomic E-state index is 13.8. The number of amides is 4. The minimum absolute atomic E-state index is 0. The van der Waals surface area contributed by atoms with E-state index >= 15 is 0 Å². The van der Waals surface area contributed by atoms with E-state index in [1.54, 1.807) is 37.1 Å². The lowest BCUT2D eigenvalue weighted by atomic mass is 9.91. The monoisotopic (exact) mass is 637 g/mol. The molecule has 6 rings (SSSR count). The summed E-state index contributed by atoms with van der Waals surface area (Å²) in [6.07, 6.45) is 3.33. The van der Waals surface area contributed by atoms with Gasteiger partial charge in [-0.05, 0) is 36.8 Å². The molecule has 1 fully saturated rings. The topological polar surface area (TPSA) is 131 Å². The Morgan fingerprint density at radius 3 is 2.60 bits per heavy atom. The van der Waals surface area contributed by atoms with Gasteiger partial charge in [0.05, 0.1) is 22.9 Å². The number of imide groups is 1. The lowest BCUT2D eigenvalue weighted by Crippen LogP contribution is -2.48. The molecule has 0 saturated carbocycles. The van der Waals surface area contributed by atoms with Crippen LogP contribution in [0.3, 0.4) is 0 Å². The fourth-order valence-corrected chi connectivity index (χ4v) is 7.35.